The molecular formula is C11H19NO4. The monoisotopic (exact) mass is 229 g/mol. The first-order valence-electron chi connectivity index (χ1n) is 5.24. The molecule has 0 heterocycles. The lowest BCUT2D eigenvalue weighted by Crippen LogP contribution is -2.41. The number of rotatable bonds is 7. The quantitative estimate of drug-likeness (QED) is 0.652. The highest BCUT2D eigenvalue weighted by atomic mass is 16.5. The van der Waals surface area contributed by atoms with Crippen molar-refractivity contribution in [3.05, 3.63) is 12.7 Å². The lowest BCUT2D eigenvalue weighted by Gasteiger charge is -2.14. The van der Waals surface area contributed by atoms with Crippen LogP contribution in [0.3, 0.4) is 0 Å². The molecule has 5 nitrogen and oxygen atoms in total. The minimum atomic E-state index is -1.07. The van der Waals surface area contributed by atoms with E-state index >= 15 is 0 Å². The Kier molecular flexibility index (Phi) is 7.00. The van der Waals surface area contributed by atoms with Crippen molar-refractivity contribution in [1.29, 1.82) is 0 Å². The van der Waals surface area contributed by atoms with Crippen LogP contribution in [0, 0.1) is 5.92 Å². The molecule has 0 rings (SSSR count). The number of carboxylic acids is 1. The van der Waals surface area contributed by atoms with Crippen LogP contribution in [0.5, 0.6) is 0 Å². The van der Waals surface area contributed by atoms with Crippen molar-refractivity contribution >= 4 is 12.1 Å². The maximum atomic E-state index is 11.2. The van der Waals surface area contributed by atoms with Crippen LogP contribution in [-0.4, -0.2) is 29.8 Å². The highest BCUT2D eigenvalue weighted by Gasteiger charge is 2.19. The van der Waals surface area contributed by atoms with E-state index in [1.165, 1.54) is 0 Å². The van der Waals surface area contributed by atoms with Crippen molar-refractivity contribution in [3.63, 3.8) is 0 Å². The van der Waals surface area contributed by atoms with Crippen LogP contribution in [0.2, 0.25) is 0 Å². The van der Waals surface area contributed by atoms with Crippen LogP contribution in [0.1, 0.15) is 26.7 Å². The summed E-state index contributed by atoms with van der Waals surface area (Å²) < 4.78 is 4.82. The fourth-order valence-corrected chi connectivity index (χ4v) is 0.968. The second kappa shape index (κ2) is 7.73. The van der Waals surface area contributed by atoms with Crippen LogP contribution in [0.25, 0.3) is 0 Å². The van der Waals surface area contributed by atoms with E-state index in [1.807, 2.05) is 13.8 Å². The molecule has 0 unspecified atom stereocenters. The highest BCUT2D eigenvalue weighted by Crippen LogP contribution is 2.00. The molecule has 0 saturated heterocycles. The van der Waals surface area contributed by atoms with E-state index in [0.717, 1.165) is 0 Å². The first kappa shape index (κ1) is 14.5. The predicted octanol–water partition coefficient (Wildman–Crippen LogP) is 1.79. The molecule has 0 aliphatic heterocycles. The molecule has 0 fully saturated rings. The van der Waals surface area contributed by atoms with E-state index < -0.39 is 18.1 Å². The first-order chi connectivity index (χ1) is 7.47. The van der Waals surface area contributed by atoms with Gasteiger partial charge < -0.3 is 15.2 Å². The number of nitrogens with one attached hydrogen (secondary N) is 1. The third-order valence-corrected chi connectivity index (χ3v) is 1.80. The summed E-state index contributed by atoms with van der Waals surface area (Å²) in [5.41, 5.74) is 0. The van der Waals surface area contributed by atoms with Crippen LogP contribution in [0.4, 0.5) is 4.79 Å². The van der Waals surface area contributed by atoms with Gasteiger partial charge >= 0.3 is 12.1 Å². The number of amides is 1. The Morgan fingerprint density at radius 2 is 2.12 bits per heavy atom. The number of carboxylic acid groups (broad SMARTS) is 1. The van der Waals surface area contributed by atoms with Gasteiger partial charge in [-0.2, -0.15) is 0 Å². The number of allylic oxidation sites excluding steroid dienone is 1. The molecule has 5 heteroatoms. The van der Waals surface area contributed by atoms with E-state index in [1.54, 1.807) is 6.08 Å². The van der Waals surface area contributed by atoms with Crippen molar-refractivity contribution in [2.24, 2.45) is 5.92 Å². The summed E-state index contributed by atoms with van der Waals surface area (Å²) in [6.45, 7) is 7.58. The summed E-state index contributed by atoms with van der Waals surface area (Å²) in [6, 6.07) is -0.919. The minimum absolute atomic E-state index is 0.224. The summed E-state index contributed by atoms with van der Waals surface area (Å²) in [5.74, 6) is -0.842. The average molecular weight is 229 g/mol. The number of aliphatic carboxylic acids is 1. The summed E-state index contributed by atoms with van der Waals surface area (Å²) >= 11 is 0. The van der Waals surface area contributed by atoms with Crippen molar-refractivity contribution < 1.29 is 19.4 Å². The van der Waals surface area contributed by atoms with Gasteiger partial charge in [-0.05, 0) is 18.8 Å². The van der Waals surface area contributed by atoms with Crippen molar-refractivity contribution in [2.75, 3.05) is 6.61 Å². The van der Waals surface area contributed by atoms with E-state index in [9.17, 15) is 9.59 Å². The Hall–Kier alpha value is -1.52. The van der Waals surface area contributed by atoms with Gasteiger partial charge in [0.05, 0.1) is 6.61 Å². The average Bonchev–Trinajstić information content (AvgIpc) is 2.20. The third kappa shape index (κ3) is 6.86. The number of alkyl carbamates (subject to hydrolysis) is 1. The first-order valence-corrected chi connectivity index (χ1v) is 5.24. The maximum Gasteiger partial charge on any atom is 0.407 e. The van der Waals surface area contributed by atoms with Gasteiger partial charge in [-0.25, -0.2) is 9.59 Å². The topological polar surface area (TPSA) is 75.6 Å². The molecule has 1 atom stereocenters. The van der Waals surface area contributed by atoms with Crippen LogP contribution in [0.15, 0.2) is 12.7 Å². The van der Waals surface area contributed by atoms with Gasteiger partial charge in [0.2, 0.25) is 0 Å². The highest BCUT2D eigenvalue weighted by molar-refractivity contribution is 5.79. The molecule has 2 N–H and O–H groups in total. The molecule has 92 valence electrons. The molecule has 0 radical (unpaired) electrons. The second-order valence-electron chi connectivity index (χ2n) is 3.89. The number of hydrogen-bond acceptors (Lipinski definition) is 3. The molecule has 1 amide bonds. The van der Waals surface area contributed by atoms with Crippen LogP contribution >= 0.6 is 0 Å². The Morgan fingerprint density at radius 1 is 1.50 bits per heavy atom. The predicted molar refractivity (Wildman–Crippen MR) is 60.2 cm³/mol. The number of ether oxygens (including phenoxy) is 1. The Labute approximate surface area is 95.5 Å². The fourth-order valence-electron chi connectivity index (χ4n) is 0.968. The maximum absolute atomic E-state index is 11.2. The van der Waals surface area contributed by atoms with Crippen molar-refractivity contribution in [2.45, 2.75) is 32.7 Å². The van der Waals surface area contributed by atoms with Gasteiger partial charge in [0.25, 0.3) is 0 Å². The van der Waals surface area contributed by atoms with E-state index in [4.69, 9.17) is 9.84 Å². The van der Waals surface area contributed by atoms with Crippen LogP contribution < -0.4 is 5.32 Å². The van der Waals surface area contributed by atoms with Gasteiger partial charge in [-0.3, -0.25) is 0 Å². The molecular weight excluding hydrogens is 210 g/mol. The van der Waals surface area contributed by atoms with Gasteiger partial charge in [-0.1, -0.05) is 19.9 Å². The molecule has 0 bridgehead atoms. The lowest BCUT2D eigenvalue weighted by molar-refractivity contribution is -0.139. The van der Waals surface area contributed by atoms with Gasteiger partial charge in [0.15, 0.2) is 0 Å². The molecule has 16 heavy (non-hydrogen) atoms. The van der Waals surface area contributed by atoms with E-state index in [2.05, 4.69) is 11.9 Å². The summed E-state index contributed by atoms with van der Waals surface area (Å²) in [7, 11) is 0. The molecule has 0 aromatic rings. The standard InChI is InChI=1S/C11H19NO4/c1-4-5-6-9(10(13)14)12-11(15)16-7-8(2)3/h4,8-9H,1,5-7H2,2-3H3,(H,12,15)(H,13,14)/t9-/m0/s1. The third-order valence-electron chi connectivity index (χ3n) is 1.80. The zero-order valence-electron chi connectivity index (χ0n) is 9.73. The Balaban J connectivity index is 4.02. The summed E-state index contributed by atoms with van der Waals surface area (Å²) in [6.07, 6.45) is 1.76. The van der Waals surface area contributed by atoms with Crippen molar-refractivity contribution in [1.82, 2.24) is 5.32 Å². The van der Waals surface area contributed by atoms with E-state index in [-0.39, 0.29) is 12.5 Å². The molecule has 0 spiro atoms. The Morgan fingerprint density at radius 3 is 2.56 bits per heavy atom. The van der Waals surface area contributed by atoms with Crippen molar-refractivity contribution in [3.8, 4) is 0 Å². The zero-order chi connectivity index (χ0) is 12.6. The summed E-state index contributed by atoms with van der Waals surface area (Å²) in [5, 5.41) is 11.1. The SMILES string of the molecule is C=CCC[C@H](NC(=O)OCC(C)C)C(=O)O. The number of carbonyl (C=O) groups excluding carboxylic acids is 1. The normalized spacial score (nSPS) is 11.9. The fraction of sp³-hybridized carbons (Fsp3) is 0.636. The molecule has 0 aliphatic rings. The van der Waals surface area contributed by atoms with Gasteiger partial charge in [-0.15, -0.1) is 6.58 Å². The van der Waals surface area contributed by atoms with E-state index in [0.29, 0.717) is 12.8 Å². The number of carbonyl (C=O) groups is 2. The molecule has 0 aromatic carbocycles. The van der Waals surface area contributed by atoms with Gasteiger partial charge in [0.1, 0.15) is 6.04 Å². The molecule has 0 aliphatic carbocycles. The smallest absolute Gasteiger partial charge is 0.407 e. The van der Waals surface area contributed by atoms with Gasteiger partial charge in [0, 0.05) is 0 Å². The lowest BCUT2D eigenvalue weighted by atomic mass is 10.1. The van der Waals surface area contributed by atoms with Crippen LogP contribution in [-0.2, 0) is 9.53 Å². The molecule has 0 saturated carbocycles. The largest absolute Gasteiger partial charge is 0.480 e. The summed E-state index contributed by atoms with van der Waals surface area (Å²) in [4.78, 5) is 22.0. The molecule has 0 aromatic heterocycles. The Bertz CT molecular complexity index is 250. The number of hydrogen-bond donors (Lipinski definition) is 2. The minimum Gasteiger partial charge on any atom is -0.480 e. The second-order valence-corrected chi connectivity index (χ2v) is 3.89. The zero-order valence-corrected chi connectivity index (χ0v) is 9.73.